The largest absolute Gasteiger partial charge is 0.496 e. The molecule has 0 spiro atoms. The second-order valence-corrected chi connectivity index (χ2v) is 4.96. The molecule has 0 fully saturated rings. The zero-order chi connectivity index (χ0) is 12.7. The molecule has 0 aliphatic rings. The van der Waals surface area contributed by atoms with Gasteiger partial charge < -0.3 is 15.0 Å². The van der Waals surface area contributed by atoms with Gasteiger partial charge in [-0.05, 0) is 25.7 Å². The van der Waals surface area contributed by atoms with Crippen molar-refractivity contribution >= 4 is 15.9 Å². The quantitative estimate of drug-likeness (QED) is 0.783. The Bertz CT molecular complexity index is 344. The number of likely N-dealkylation sites (N-methyl/N-ethyl adjacent to an activating group) is 2. The highest BCUT2D eigenvalue weighted by atomic mass is 79.9. The van der Waals surface area contributed by atoms with E-state index >= 15 is 0 Å². The van der Waals surface area contributed by atoms with Crippen molar-refractivity contribution in [2.75, 3.05) is 33.8 Å². The molecule has 0 radical (unpaired) electrons. The molecule has 0 aliphatic heterocycles. The number of methoxy groups -OCH3 is 1. The fraction of sp³-hybridized carbons (Fsp3) is 0.538. The fourth-order valence-corrected chi connectivity index (χ4v) is 2.01. The lowest BCUT2D eigenvalue weighted by Crippen LogP contribution is -2.28. The Morgan fingerprint density at radius 1 is 1.41 bits per heavy atom. The summed E-state index contributed by atoms with van der Waals surface area (Å²) in [5.41, 5.74) is 1.22. The van der Waals surface area contributed by atoms with Crippen LogP contribution in [0, 0.1) is 0 Å². The van der Waals surface area contributed by atoms with E-state index in [0.717, 1.165) is 36.4 Å². The molecule has 0 aromatic heterocycles. The number of hydrogen-bond donors (Lipinski definition) is 1. The molecule has 4 heteroatoms. The van der Waals surface area contributed by atoms with Crippen molar-refractivity contribution in [3.05, 3.63) is 28.2 Å². The average Bonchev–Trinajstić information content (AvgIpc) is 2.32. The Morgan fingerprint density at radius 2 is 2.18 bits per heavy atom. The molecule has 1 aromatic carbocycles. The Hall–Kier alpha value is -0.580. The van der Waals surface area contributed by atoms with Gasteiger partial charge >= 0.3 is 0 Å². The molecule has 1 rings (SSSR count). The Balaban J connectivity index is 2.55. The smallest absolute Gasteiger partial charge is 0.124 e. The lowest BCUT2D eigenvalue weighted by atomic mass is 10.2. The highest BCUT2D eigenvalue weighted by molar-refractivity contribution is 9.10. The van der Waals surface area contributed by atoms with E-state index < -0.39 is 0 Å². The average molecular weight is 301 g/mol. The Morgan fingerprint density at radius 3 is 2.82 bits per heavy atom. The molecular weight excluding hydrogens is 280 g/mol. The fourth-order valence-electron chi connectivity index (χ4n) is 1.67. The first-order valence-corrected chi connectivity index (χ1v) is 6.68. The van der Waals surface area contributed by atoms with Crippen LogP contribution in [0.1, 0.15) is 12.5 Å². The van der Waals surface area contributed by atoms with Crippen molar-refractivity contribution < 1.29 is 4.74 Å². The summed E-state index contributed by atoms with van der Waals surface area (Å²) >= 11 is 3.45. The molecule has 0 saturated carbocycles. The molecule has 0 heterocycles. The number of rotatable bonds is 7. The van der Waals surface area contributed by atoms with E-state index in [1.165, 1.54) is 5.56 Å². The van der Waals surface area contributed by atoms with Crippen LogP contribution in [0.3, 0.4) is 0 Å². The van der Waals surface area contributed by atoms with Crippen molar-refractivity contribution in [2.45, 2.75) is 13.5 Å². The van der Waals surface area contributed by atoms with Gasteiger partial charge in [0.15, 0.2) is 0 Å². The van der Waals surface area contributed by atoms with Gasteiger partial charge in [-0.2, -0.15) is 0 Å². The van der Waals surface area contributed by atoms with Crippen LogP contribution in [0.2, 0.25) is 0 Å². The summed E-state index contributed by atoms with van der Waals surface area (Å²) in [5.74, 6) is 0.940. The third-order valence-corrected chi connectivity index (χ3v) is 3.10. The number of hydrogen-bond acceptors (Lipinski definition) is 3. The molecule has 0 saturated heterocycles. The van der Waals surface area contributed by atoms with E-state index in [0.29, 0.717) is 0 Å². The van der Waals surface area contributed by atoms with Crippen LogP contribution >= 0.6 is 15.9 Å². The van der Waals surface area contributed by atoms with Gasteiger partial charge in [0.1, 0.15) is 5.75 Å². The van der Waals surface area contributed by atoms with Gasteiger partial charge in [-0.25, -0.2) is 0 Å². The summed E-state index contributed by atoms with van der Waals surface area (Å²) in [7, 11) is 3.84. The van der Waals surface area contributed by atoms with Gasteiger partial charge in [-0.1, -0.05) is 28.9 Å². The third-order valence-electron chi connectivity index (χ3n) is 2.61. The zero-order valence-corrected chi connectivity index (χ0v) is 12.4. The molecule has 3 nitrogen and oxygen atoms in total. The highest BCUT2D eigenvalue weighted by Gasteiger charge is 2.06. The summed E-state index contributed by atoms with van der Waals surface area (Å²) in [5, 5.41) is 3.32. The number of ether oxygens (including phenoxy) is 1. The summed E-state index contributed by atoms with van der Waals surface area (Å²) in [6, 6.07) is 6.16. The standard InChI is InChI=1S/C13H21BrN2O/c1-4-15-7-8-16(2)10-11-5-6-12(14)9-13(11)17-3/h5-6,9,15H,4,7-8,10H2,1-3H3. The maximum absolute atomic E-state index is 5.38. The van der Waals surface area contributed by atoms with Crippen LogP contribution in [0.25, 0.3) is 0 Å². The molecule has 1 N–H and O–H groups in total. The van der Waals surface area contributed by atoms with Crippen molar-refractivity contribution in [3.8, 4) is 5.75 Å². The predicted octanol–water partition coefficient (Wildman–Crippen LogP) is 2.50. The van der Waals surface area contributed by atoms with Gasteiger partial charge in [-0.3, -0.25) is 0 Å². The van der Waals surface area contributed by atoms with Gasteiger partial charge in [0, 0.05) is 29.7 Å². The molecule has 1 aromatic rings. The normalized spacial score (nSPS) is 10.9. The third kappa shape index (κ3) is 5.06. The van der Waals surface area contributed by atoms with Gasteiger partial charge in [-0.15, -0.1) is 0 Å². The molecule has 0 amide bonds. The van der Waals surface area contributed by atoms with Gasteiger partial charge in [0.25, 0.3) is 0 Å². The second kappa shape index (κ2) is 7.69. The zero-order valence-electron chi connectivity index (χ0n) is 10.8. The summed E-state index contributed by atoms with van der Waals surface area (Å²) in [6.45, 7) is 6.11. The predicted molar refractivity (Wildman–Crippen MR) is 75.6 cm³/mol. The van der Waals surface area contributed by atoms with E-state index in [1.54, 1.807) is 7.11 Å². The van der Waals surface area contributed by atoms with E-state index in [4.69, 9.17) is 4.74 Å². The van der Waals surface area contributed by atoms with Crippen LogP contribution in [-0.2, 0) is 6.54 Å². The molecule has 0 bridgehead atoms. The lowest BCUT2D eigenvalue weighted by Gasteiger charge is -2.18. The molecule has 0 unspecified atom stereocenters. The van der Waals surface area contributed by atoms with Crippen molar-refractivity contribution in [1.82, 2.24) is 10.2 Å². The van der Waals surface area contributed by atoms with Crippen LogP contribution in [-0.4, -0.2) is 38.7 Å². The Labute approximate surface area is 112 Å². The number of benzene rings is 1. The second-order valence-electron chi connectivity index (χ2n) is 4.05. The molecule has 17 heavy (non-hydrogen) atoms. The van der Waals surface area contributed by atoms with Crippen molar-refractivity contribution in [3.63, 3.8) is 0 Å². The lowest BCUT2D eigenvalue weighted by molar-refractivity contribution is 0.316. The first-order valence-electron chi connectivity index (χ1n) is 5.89. The van der Waals surface area contributed by atoms with Gasteiger partial charge in [0.05, 0.1) is 7.11 Å². The van der Waals surface area contributed by atoms with Crippen LogP contribution < -0.4 is 10.1 Å². The van der Waals surface area contributed by atoms with Gasteiger partial charge in [0.2, 0.25) is 0 Å². The van der Waals surface area contributed by atoms with E-state index in [2.05, 4.69) is 52.3 Å². The van der Waals surface area contributed by atoms with Crippen molar-refractivity contribution in [1.29, 1.82) is 0 Å². The summed E-state index contributed by atoms with van der Waals surface area (Å²) in [6.07, 6.45) is 0. The molecular formula is C13H21BrN2O. The first-order chi connectivity index (χ1) is 8.17. The molecule has 0 aliphatic carbocycles. The summed E-state index contributed by atoms with van der Waals surface area (Å²) < 4.78 is 6.43. The van der Waals surface area contributed by atoms with Crippen molar-refractivity contribution in [2.24, 2.45) is 0 Å². The first kappa shape index (κ1) is 14.5. The van der Waals surface area contributed by atoms with E-state index in [9.17, 15) is 0 Å². The maximum atomic E-state index is 5.38. The minimum atomic E-state index is 0.905. The highest BCUT2D eigenvalue weighted by Crippen LogP contribution is 2.24. The maximum Gasteiger partial charge on any atom is 0.124 e. The topological polar surface area (TPSA) is 24.5 Å². The van der Waals surface area contributed by atoms with Crippen LogP contribution in [0.15, 0.2) is 22.7 Å². The van der Waals surface area contributed by atoms with E-state index in [1.807, 2.05) is 6.07 Å². The van der Waals surface area contributed by atoms with Crippen LogP contribution in [0.4, 0.5) is 0 Å². The monoisotopic (exact) mass is 300 g/mol. The number of halogens is 1. The van der Waals surface area contributed by atoms with Crippen LogP contribution in [0.5, 0.6) is 5.75 Å². The van der Waals surface area contributed by atoms with E-state index in [-0.39, 0.29) is 0 Å². The summed E-state index contributed by atoms with van der Waals surface area (Å²) in [4.78, 5) is 2.29. The number of nitrogens with zero attached hydrogens (tertiary/aromatic N) is 1. The molecule has 0 atom stereocenters. The SMILES string of the molecule is CCNCCN(C)Cc1ccc(Br)cc1OC. The molecule has 96 valence electrons. The minimum absolute atomic E-state index is 0.905. The Kier molecular flexibility index (Phi) is 6.55. The minimum Gasteiger partial charge on any atom is -0.496 e. The number of nitrogens with one attached hydrogen (secondary N) is 1.